The van der Waals surface area contributed by atoms with E-state index in [4.69, 9.17) is 9.84 Å². The third kappa shape index (κ3) is 4.36. The molecule has 0 aliphatic rings. The minimum absolute atomic E-state index is 0.200. The van der Waals surface area contributed by atoms with Crippen molar-refractivity contribution in [1.29, 1.82) is 0 Å². The average Bonchev–Trinajstić information content (AvgIpc) is 2.39. The van der Waals surface area contributed by atoms with Crippen LogP contribution in [0.15, 0.2) is 24.3 Å². The SMILES string of the molecule is CCC(CO)NCC(C)c1ccc(OC)cc1. The lowest BCUT2D eigenvalue weighted by molar-refractivity contribution is 0.238. The maximum absolute atomic E-state index is 9.10. The molecule has 0 fully saturated rings. The molecule has 0 aliphatic carbocycles. The molecule has 17 heavy (non-hydrogen) atoms. The highest BCUT2D eigenvalue weighted by molar-refractivity contribution is 5.29. The largest absolute Gasteiger partial charge is 0.497 e. The van der Waals surface area contributed by atoms with Gasteiger partial charge in [-0.3, -0.25) is 0 Å². The van der Waals surface area contributed by atoms with Crippen LogP contribution in [0, 0.1) is 0 Å². The number of ether oxygens (including phenoxy) is 1. The molecule has 0 amide bonds. The van der Waals surface area contributed by atoms with Crippen LogP contribution in [0.1, 0.15) is 31.7 Å². The molecule has 2 atom stereocenters. The van der Waals surface area contributed by atoms with Crippen LogP contribution in [-0.2, 0) is 0 Å². The third-order valence-electron chi connectivity index (χ3n) is 3.11. The molecule has 0 saturated carbocycles. The van der Waals surface area contributed by atoms with Crippen LogP contribution >= 0.6 is 0 Å². The molecule has 3 nitrogen and oxygen atoms in total. The first kappa shape index (κ1) is 14.0. The topological polar surface area (TPSA) is 41.5 Å². The minimum atomic E-state index is 0.200. The standard InChI is InChI=1S/C14H23NO2/c1-4-13(10-16)15-9-11(2)12-5-7-14(17-3)8-6-12/h5-8,11,13,15-16H,4,9-10H2,1-3H3. The Hall–Kier alpha value is -1.06. The van der Waals surface area contributed by atoms with Crippen molar-refractivity contribution >= 4 is 0 Å². The number of benzene rings is 1. The number of rotatable bonds is 7. The van der Waals surface area contributed by atoms with Crippen molar-refractivity contribution in [3.63, 3.8) is 0 Å². The molecule has 0 aliphatic heterocycles. The molecular formula is C14H23NO2. The fourth-order valence-corrected chi connectivity index (χ4v) is 1.73. The highest BCUT2D eigenvalue weighted by Crippen LogP contribution is 2.18. The normalized spacial score (nSPS) is 14.4. The van der Waals surface area contributed by atoms with Gasteiger partial charge >= 0.3 is 0 Å². The Kier molecular flexibility index (Phi) is 6.01. The molecular weight excluding hydrogens is 214 g/mol. The Balaban J connectivity index is 2.48. The van der Waals surface area contributed by atoms with Gasteiger partial charge in [0, 0.05) is 12.6 Å². The smallest absolute Gasteiger partial charge is 0.118 e. The molecule has 0 saturated heterocycles. The van der Waals surface area contributed by atoms with E-state index in [1.165, 1.54) is 5.56 Å². The molecule has 1 aromatic rings. The van der Waals surface area contributed by atoms with Gasteiger partial charge in [0.15, 0.2) is 0 Å². The molecule has 96 valence electrons. The van der Waals surface area contributed by atoms with E-state index in [0.717, 1.165) is 18.7 Å². The molecule has 0 radical (unpaired) electrons. The van der Waals surface area contributed by atoms with E-state index in [0.29, 0.717) is 5.92 Å². The molecule has 0 bridgehead atoms. The average molecular weight is 237 g/mol. The lowest BCUT2D eigenvalue weighted by Crippen LogP contribution is -2.34. The molecule has 2 unspecified atom stereocenters. The second-order valence-electron chi connectivity index (χ2n) is 4.37. The van der Waals surface area contributed by atoms with Gasteiger partial charge in [0.25, 0.3) is 0 Å². The van der Waals surface area contributed by atoms with Gasteiger partial charge in [0.2, 0.25) is 0 Å². The Morgan fingerprint density at radius 2 is 1.94 bits per heavy atom. The van der Waals surface area contributed by atoms with Gasteiger partial charge in [-0.25, -0.2) is 0 Å². The lowest BCUT2D eigenvalue weighted by atomic mass is 10.0. The number of aliphatic hydroxyl groups excluding tert-OH is 1. The summed E-state index contributed by atoms with van der Waals surface area (Å²) in [5.41, 5.74) is 1.28. The van der Waals surface area contributed by atoms with Crippen LogP contribution < -0.4 is 10.1 Å². The predicted molar refractivity (Wildman–Crippen MR) is 70.6 cm³/mol. The van der Waals surface area contributed by atoms with Gasteiger partial charge in [-0.2, -0.15) is 0 Å². The predicted octanol–water partition coefficient (Wildman–Crippen LogP) is 2.16. The summed E-state index contributed by atoms with van der Waals surface area (Å²) >= 11 is 0. The molecule has 1 rings (SSSR count). The van der Waals surface area contributed by atoms with Gasteiger partial charge < -0.3 is 15.2 Å². The second-order valence-corrected chi connectivity index (χ2v) is 4.37. The molecule has 0 heterocycles. The summed E-state index contributed by atoms with van der Waals surface area (Å²) in [4.78, 5) is 0. The molecule has 3 heteroatoms. The van der Waals surface area contributed by atoms with E-state index >= 15 is 0 Å². The Labute approximate surface area is 104 Å². The van der Waals surface area contributed by atoms with Crippen molar-refractivity contribution in [2.45, 2.75) is 32.2 Å². The van der Waals surface area contributed by atoms with Crippen molar-refractivity contribution in [2.24, 2.45) is 0 Å². The van der Waals surface area contributed by atoms with Crippen LogP contribution in [0.25, 0.3) is 0 Å². The first-order valence-corrected chi connectivity index (χ1v) is 6.19. The van der Waals surface area contributed by atoms with Crippen molar-refractivity contribution in [3.05, 3.63) is 29.8 Å². The van der Waals surface area contributed by atoms with Crippen molar-refractivity contribution in [1.82, 2.24) is 5.32 Å². The van der Waals surface area contributed by atoms with Crippen molar-refractivity contribution in [2.75, 3.05) is 20.3 Å². The van der Waals surface area contributed by atoms with Crippen molar-refractivity contribution < 1.29 is 9.84 Å². The number of nitrogens with one attached hydrogen (secondary N) is 1. The zero-order valence-electron chi connectivity index (χ0n) is 10.9. The molecule has 0 aromatic heterocycles. The zero-order chi connectivity index (χ0) is 12.7. The first-order chi connectivity index (χ1) is 8.21. The molecule has 1 aromatic carbocycles. The van der Waals surface area contributed by atoms with Gasteiger partial charge in [0.05, 0.1) is 13.7 Å². The van der Waals surface area contributed by atoms with Gasteiger partial charge in [-0.15, -0.1) is 0 Å². The van der Waals surface area contributed by atoms with Crippen LogP contribution in [-0.4, -0.2) is 31.4 Å². The fraction of sp³-hybridized carbons (Fsp3) is 0.571. The summed E-state index contributed by atoms with van der Waals surface area (Å²) < 4.78 is 5.13. The van der Waals surface area contributed by atoms with E-state index in [9.17, 15) is 0 Å². The van der Waals surface area contributed by atoms with Gasteiger partial charge in [-0.05, 0) is 30.0 Å². The lowest BCUT2D eigenvalue weighted by Gasteiger charge is -2.18. The summed E-state index contributed by atoms with van der Waals surface area (Å²) in [7, 11) is 1.67. The monoisotopic (exact) mass is 237 g/mol. The maximum Gasteiger partial charge on any atom is 0.118 e. The Morgan fingerprint density at radius 1 is 1.29 bits per heavy atom. The van der Waals surface area contributed by atoms with E-state index < -0.39 is 0 Å². The number of aliphatic hydroxyl groups is 1. The van der Waals surface area contributed by atoms with E-state index in [1.807, 2.05) is 12.1 Å². The molecule has 0 spiro atoms. The fourth-order valence-electron chi connectivity index (χ4n) is 1.73. The summed E-state index contributed by atoms with van der Waals surface area (Å²) in [6.07, 6.45) is 0.950. The number of methoxy groups -OCH3 is 1. The van der Waals surface area contributed by atoms with Gasteiger partial charge in [-0.1, -0.05) is 26.0 Å². The minimum Gasteiger partial charge on any atom is -0.497 e. The number of hydrogen-bond donors (Lipinski definition) is 2. The molecule has 2 N–H and O–H groups in total. The van der Waals surface area contributed by atoms with Crippen molar-refractivity contribution in [3.8, 4) is 5.75 Å². The zero-order valence-corrected chi connectivity index (χ0v) is 10.9. The second kappa shape index (κ2) is 7.30. The Bertz CT molecular complexity index is 307. The Morgan fingerprint density at radius 3 is 2.41 bits per heavy atom. The quantitative estimate of drug-likeness (QED) is 0.763. The summed E-state index contributed by atoms with van der Waals surface area (Å²) in [5.74, 6) is 1.32. The van der Waals surface area contributed by atoms with Gasteiger partial charge in [0.1, 0.15) is 5.75 Å². The van der Waals surface area contributed by atoms with E-state index in [2.05, 4.69) is 31.3 Å². The van der Waals surface area contributed by atoms with Crippen LogP contribution in [0.5, 0.6) is 5.75 Å². The highest BCUT2D eigenvalue weighted by Gasteiger charge is 2.08. The number of hydrogen-bond acceptors (Lipinski definition) is 3. The van der Waals surface area contributed by atoms with E-state index in [-0.39, 0.29) is 12.6 Å². The van der Waals surface area contributed by atoms with Crippen LogP contribution in [0.2, 0.25) is 0 Å². The summed E-state index contributed by atoms with van der Waals surface area (Å²) in [5, 5.41) is 12.5. The first-order valence-electron chi connectivity index (χ1n) is 6.19. The summed E-state index contributed by atoms with van der Waals surface area (Å²) in [6, 6.07) is 8.34. The van der Waals surface area contributed by atoms with E-state index in [1.54, 1.807) is 7.11 Å². The maximum atomic E-state index is 9.10. The van der Waals surface area contributed by atoms with Crippen LogP contribution in [0.4, 0.5) is 0 Å². The highest BCUT2D eigenvalue weighted by atomic mass is 16.5. The van der Waals surface area contributed by atoms with Crippen LogP contribution in [0.3, 0.4) is 0 Å². The third-order valence-corrected chi connectivity index (χ3v) is 3.11. The summed E-state index contributed by atoms with van der Waals surface area (Å²) in [6.45, 7) is 5.34.